The van der Waals surface area contributed by atoms with Gasteiger partial charge in [0.25, 0.3) is 5.56 Å². The average Bonchev–Trinajstić information content (AvgIpc) is 3.46. The van der Waals surface area contributed by atoms with E-state index >= 15 is 0 Å². The van der Waals surface area contributed by atoms with Crippen molar-refractivity contribution in [2.24, 2.45) is 0 Å². The van der Waals surface area contributed by atoms with Gasteiger partial charge < -0.3 is 28.4 Å². The minimum Gasteiger partial charge on any atom is -0.479 e. The molecule has 12 heteroatoms. The number of rotatable bonds is 15. The monoisotopic (exact) mass is 670 g/mol. The number of H-pyrrole nitrogens is 1. The van der Waals surface area contributed by atoms with Crippen LogP contribution in [0.2, 0.25) is 0 Å². The first-order valence-electron chi connectivity index (χ1n) is 16.7. The highest BCUT2D eigenvalue weighted by Crippen LogP contribution is 2.36. The van der Waals surface area contributed by atoms with E-state index < -0.39 is 0 Å². The average molecular weight is 671 g/mol. The number of nitrogens with one attached hydrogen (secondary N) is 1. The second kappa shape index (κ2) is 16.1. The Balaban J connectivity index is 1.21. The van der Waals surface area contributed by atoms with Crippen molar-refractivity contribution in [2.45, 2.75) is 71.0 Å². The molecule has 258 valence electrons. The molecule has 1 saturated heterocycles. The fraction of sp³-hybridized carbons (Fsp3) is 0.405. The van der Waals surface area contributed by atoms with Crippen molar-refractivity contribution >= 4 is 27.9 Å². The molecule has 0 amide bonds. The lowest BCUT2D eigenvalue weighted by Crippen LogP contribution is -2.22. The standard InChI is InChI=1S/C37H42N4O8/c1-24(49-37(43)26-13-5-4-6-14-26)12-7-9-18-41-36(42)28-16-11-15-27(32(28)40-41)33-35(45-3)38-29-20-25(22-47-31-17-8-10-19-46-31)21-30(34(29)39-33)48-23-44-2/h4-6,11,13-16,20-21,24,31,40H,7-10,12,17-19,22-23H2,1-3H3/t24-,31?/m0/s1. The molecule has 1 aliphatic heterocycles. The van der Waals surface area contributed by atoms with E-state index in [4.69, 9.17) is 38.4 Å². The third-order valence-corrected chi connectivity index (χ3v) is 8.46. The van der Waals surface area contributed by atoms with Gasteiger partial charge in [-0.05, 0) is 81.3 Å². The summed E-state index contributed by atoms with van der Waals surface area (Å²) in [7, 11) is 3.10. The molecule has 3 heterocycles. The van der Waals surface area contributed by atoms with E-state index in [0.717, 1.165) is 31.2 Å². The van der Waals surface area contributed by atoms with Crippen LogP contribution in [0.15, 0.2) is 65.5 Å². The summed E-state index contributed by atoms with van der Waals surface area (Å²) in [5.74, 6) is 0.455. The first-order chi connectivity index (χ1) is 23.9. The van der Waals surface area contributed by atoms with Crippen molar-refractivity contribution in [3.8, 4) is 22.9 Å². The number of carbonyl (C=O) groups excluding carboxylic acids is 1. The second-order valence-electron chi connectivity index (χ2n) is 12.1. The predicted octanol–water partition coefficient (Wildman–Crippen LogP) is 6.39. The predicted molar refractivity (Wildman–Crippen MR) is 184 cm³/mol. The van der Waals surface area contributed by atoms with Gasteiger partial charge in [-0.2, -0.15) is 0 Å². The summed E-state index contributed by atoms with van der Waals surface area (Å²) in [6, 6.07) is 18.2. The molecule has 1 aliphatic rings. The van der Waals surface area contributed by atoms with Crippen LogP contribution in [-0.4, -0.2) is 65.7 Å². The highest BCUT2D eigenvalue weighted by Gasteiger charge is 2.21. The van der Waals surface area contributed by atoms with E-state index in [2.05, 4.69) is 5.10 Å². The number of unbranched alkanes of at least 4 members (excludes halogenated alkanes) is 1. The number of hydrogen-bond acceptors (Lipinski definition) is 10. The molecule has 49 heavy (non-hydrogen) atoms. The van der Waals surface area contributed by atoms with Crippen LogP contribution in [0.4, 0.5) is 0 Å². The van der Waals surface area contributed by atoms with Crippen LogP contribution in [-0.2, 0) is 32.1 Å². The SMILES string of the molecule is COCOc1cc(COC2CCCCO2)cc2nc(OC)c(-c3cccc4c(=O)n(CCCC[C@H](C)OC(=O)c5ccccc5)[nH]c34)nc12. The number of benzene rings is 3. The fourth-order valence-corrected chi connectivity index (χ4v) is 5.96. The van der Waals surface area contributed by atoms with Crippen LogP contribution in [0, 0.1) is 0 Å². The lowest BCUT2D eigenvalue weighted by atomic mass is 10.1. The van der Waals surface area contributed by atoms with E-state index in [-0.39, 0.29) is 30.7 Å². The third kappa shape index (κ3) is 8.10. The zero-order chi connectivity index (χ0) is 34.2. The molecule has 1 unspecified atom stereocenters. The van der Waals surface area contributed by atoms with Gasteiger partial charge in [-0.15, -0.1) is 0 Å². The van der Waals surface area contributed by atoms with Crippen LogP contribution < -0.4 is 15.0 Å². The molecular formula is C37H42N4O8. The van der Waals surface area contributed by atoms with Crippen molar-refractivity contribution in [2.75, 3.05) is 27.6 Å². The first-order valence-corrected chi connectivity index (χ1v) is 16.7. The Bertz CT molecular complexity index is 1930. The Morgan fingerprint density at radius 3 is 2.69 bits per heavy atom. The summed E-state index contributed by atoms with van der Waals surface area (Å²) in [5.41, 5.74) is 4.09. The zero-order valence-electron chi connectivity index (χ0n) is 28.1. The normalized spacial score (nSPS) is 15.4. The molecule has 6 rings (SSSR count). The molecule has 0 bridgehead atoms. The van der Waals surface area contributed by atoms with Crippen molar-refractivity contribution in [1.82, 2.24) is 19.7 Å². The molecule has 2 aromatic heterocycles. The Labute approximate surface area is 284 Å². The van der Waals surface area contributed by atoms with Crippen molar-refractivity contribution in [1.29, 1.82) is 0 Å². The number of aromatic nitrogens is 4. The topological polar surface area (TPSA) is 136 Å². The van der Waals surface area contributed by atoms with Crippen LogP contribution in [0.25, 0.3) is 33.2 Å². The molecule has 0 aliphatic carbocycles. The summed E-state index contributed by atoms with van der Waals surface area (Å²) >= 11 is 0. The Morgan fingerprint density at radius 1 is 1.06 bits per heavy atom. The smallest absolute Gasteiger partial charge is 0.338 e. The lowest BCUT2D eigenvalue weighted by molar-refractivity contribution is -0.168. The van der Waals surface area contributed by atoms with E-state index in [1.165, 1.54) is 0 Å². The number of nitrogens with zero attached hydrogens (tertiary/aromatic N) is 3. The molecule has 3 aromatic carbocycles. The minimum atomic E-state index is -0.337. The Kier molecular flexibility index (Phi) is 11.2. The molecule has 5 aromatic rings. The molecule has 0 radical (unpaired) electrons. The van der Waals surface area contributed by atoms with Gasteiger partial charge in [0.05, 0.1) is 41.8 Å². The van der Waals surface area contributed by atoms with Crippen molar-refractivity contribution < 1.29 is 33.2 Å². The van der Waals surface area contributed by atoms with Gasteiger partial charge in [0.2, 0.25) is 5.88 Å². The zero-order valence-corrected chi connectivity index (χ0v) is 28.1. The maximum Gasteiger partial charge on any atom is 0.338 e. The summed E-state index contributed by atoms with van der Waals surface area (Å²) in [5, 5.41) is 3.82. The number of para-hydroxylation sites is 1. The van der Waals surface area contributed by atoms with E-state index in [1.807, 2.05) is 49.4 Å². The van der Waals surface area contributed by atoms with Crippen LogP contribution in [0.5, 0.6) is 11.6 Å². The van der Waals surface area contributed by atoms with Gasteiger partial charge in [0, 0.05) is 25.8 Å². The fourth-order valence-electron chi connectivity index (χ4n) is 5.96. The summed E-state index contributed by atoms with van der Waals surface area (Å²) in [6.07, 6.45) is 4.66. The number of hydrogen-bond donors (Lipinski definition) is 1. The summed E-state index contributed by atoms with van der Waals surface area (Å²) in [4.78, 5) is 35.6. The van der Waals surface area contributed by atoms with Crippen LogP contribution in [0.3, 0.4) is 0 Å². The van der Waals surface area contributed by atoms with Crippen LogP contribution >= 0.6 is 0 Å². The quantitative estimate of drug-likeness (QED) is 0.0758. The number of carbonyl (C=O) groups is 1. The molecule has 1 N–H and O–H groups in total. The maximum absolute atomic E-state index is 13.4. The number of fused-ring (bicyclic) bond motifs is 2. The molecule has 0 spiro atoms. The van der Waals surface area contributed by atoms with E-state index in [0.29, 0.717) is 83.0 Å². The third-order valence-electron chi connectivity index (χ3n) is 8.46. The minimum absolute atomic E-state index is 0.0220. The van der Waals surface area contributed by atoms with Crippen molar-refractivity contribution in [3.05, 3.63) is 82.1 Å². The Hall–Kier alpha value is -4.78. The van der Waals surface area contributed by atoms with Gasteiger partial charge in [-0.25, -0.2) is 14.8 Å². The lowest BCUT2D eigenvalue weighted by Gasteiger charge is -2.23. The molecular weight excluding hydrogens is 628 g/mol. The number of ether oxygens (including phenoxy) is 6. The highest BCUT2D eigenvalue weighted by molar-refractivity contribution is 5.95. The number of aromatic amines is 1. The number of methoxy groups -OCH3 is 2. The van der Waals surface area contributed by atoms with Gasteiger partial charge in [-0.3, -0.25) is 14.6 Å². The summed E-state index contributed by atoms with van der Waals surface area (Å²) in [6.45, 7) is 3.40. The van der Waals surface area contributed by atoms with Gasteiger partial charge in [0.15, 0.2) is 18.8 Å². The van der Waals surface area contributed by atoms with E-state index in [1.54, 1.807) is 37.1 Å². The van der Waals surface area contributed by atoms with Gasteiger partial charge in [0.1, 0.15) is 11.2 Å². The molecule has 1 fully saturated rings. The van der Waals surface area contributed by atoms with Crippen LogP contribution in [0.1, 0.15) is 61.4 Å². The second-order valence-corrected chi connectivity index (χ2v) is 12.1. The number of aryl methyl sites for hydroxylation is 1. The highest BCUT2D eigenvalue weighted by atomic mass is 16.7. The first kappa shape index (κ1) is 34.1. The maximum atomic E-state index is 13.4. The summed E-state index contributed by atoms with van der Waals surface area (Å²) < 4.78 is 35.8. The van der Waals surface area contributed by atoms with Crippen molar-refractivity contribution in [3.63, 3.8) is 0 Å². The largest absolute Gasteiger partial charge is 0.479 e. The van der Waals surface area contributed by atoms with Gasteiger partial charge in [-0.1, -0.05) is 30.3 Å². The Morgan fingerprint density at radius 2 is 1.92 bits per heavy atom. The molecule has 2 atom stereocenters. The van der Waals surface area contributed by atoms with E-state index in [9.17, 15) is 9.59 Å². The molecule has 12 nitrogen and oxygen atoms in total. The van der Waals surface area contributed by atoms with Gasteiger partial charge >= 0.3 is 5.97 Å². The number of esters is 1. The molecule has 0 saturated carbocycles.